The van der Waals surface area contributed by atoms with Gasteiger partial charge in [-0.3, -0.25) is 19.3 Å². The number of aromatic hydroxyl groups is 1. The van der Waals surface area contributed by atoms with Gasteiger partial charge >= 0.3 is 6.03 Å². The molecule has 13 nitrogen and oxygen atoms in total. The fraction of sp³-hybridized carbons (Fsp3) is 0.267. The minimum absolute atomic E-state index is 0.0894. The lowest BCUT2D eigenvalue weighted by Crippen LogP contribution is -2.66. The van der Waals surface area contributed by atoms with Crippen LogP contribution in [0, 0.1) is 24.7 Å². The maximum atomic E-state index is 14.0. The van der Waals surface area contributed by atoms with Crippen LogP contribution in [0.3, 0.4) is 0 Å². The molecular formula is C30H31N5O8. The number of amides is 3. The van der Waals surface area contributed by atoms with E-state index in [-0.39, 0.29) is 16.8 Å². The zero-order valence-corrected chi connectivity index (χ0v) is 23.7. The van der Waals surface area contributed by atoms with Gasteiger partial charge in [0.2, 0.25) is 5.78 Å². The summed E-state index contributed by atoms with van der Waals surface area (Å²) in [4.78, 5) is 55.2. The van der Waals surface area contributed by atoms with Crippen LogP contribution in [0.4, 0.5) is 21.9 Å². The number of hydrogen-bond acceptors (Lipinski definition) is 10. The third-order valence-electron chi connectivity index (χ3n) is 8.00. The number of nitrogens with zero attached hydrogens (tertiary/aromatic N) is 2. The normalized spacial score (nSPS) is 24.7. The van der Waals surface area contributed by atoms with E-state index in [0.717, 1.165) is 0 Å². The second kappa shape index (κ2) is 10.4. The van der Waals surface area contributed by atoms with Gasteiger partial charge in [-0.25, -0.2) is 4.79 Å². The molecule has 0 spiro atoms. The highest BCUT2D eigenvalue weighted by Gasteiger charge is 2.64. The number of phenolic OH excluding ortho intramolecular Hbond substituents is 1. The number of benzene rings is 2. The summed E-state index contributed by atoms with van der Waals surface area (Å²) < 4.78 is 0. The predicted octanol–water partition coefficient (Wildman–Crippen LogP) is 1.50. The molecule has 2 radical (unpaired) electrons. The van der Waals surface area contributed by atoms with E-state index in [0.29, 0.717) is 16.9 Å². The van der Waals surface area contributed by atoms with Crippen LogP contribution in [0.1, 0.15) is 11.1 Å². The van der Waals surface area contributed by atoms with Crippen molar-refractivity contribution in [1.29, 1.82) is 0 Å². The molecule has 0 aliphatic heterocycles. The Balaban J connectivity index is 1.65. The van der Waals surface area contributed by atoms with E-state index in [4.69, 9.17) is 5.73 Å². The third kappa shape index (κ3) is 4.48. The molecule has 5 rings (SSSR count). The van der Waals surface area contributed by atoms with Crippen molar-refractivity contribution in [2.24, 2.45) is 17.6 Å². The van der Waals surface area contributed by atoms with Gasteiger partial charge in [0.25, 0.3) is 5.91 Å². The Morgan fingerprint density at radius 1 is 1.00 bits per heavy atom. The van der Waals surface area contributed by atoms with Gasteiger partial charge in [0.15, 0.2) is 17.1 Å². The molecule has 2 aromatic rings. The number of phenols is 1. The smallest absolute Gasteiger partial charge is 0.323 e. The van der Waals surface area contributed by atoms with Gasteiger partial charge in [-0.1, -0.05) is 18.2 Å². The summed E-state index contributed by atoms with van der Waals surface area (Å²) in [5.74, 6) is -8.14. The first-order valence-corrected chi connectivity index (χ1v) is 13.2. The summed E-state index contributed by atoms with van der Waals surface area (Å²) in [6, 6.07) is 8.12. The molecule has 8 N–H and O–H groups in total. The Morgan fingerprint density at radius 2 is 1.65 bits per heavy atom. The number of nitrogens with two attached hydrogens (primary N) is 1. The second-order valence-corrected chi connectivity index (χ2v) is 11.0. The first-order valence-electron chi connectivity index (χ1n) is 13.2. The van der Waals surface area contributed by atoms with Crippen LogP contribution in [0.5, 0.6) is 5.75 Å². The molecule has 1 saturated carbocycles. The summed E-state index contributed by atoms with van der Waals surface area (Å²) in [7, 11) is 6.43. The molecule has 0 heterocycles. The zero-order valence-electron chi connectivity index (χ0n) is 23.7. The van der Waals surface area contributed by atoms with Gasteiger partial charge < -0.3 is 41.7 Å². The van der Waals surface area contributed by atoms with E-state index in [1.54, 1.807) is 55.7 Å². The van der Waals surface area contributed by atoms with Gasteiger partial charge in [-0.2, -0.15) is 0 Å². The monoisotopic (exact) mass is 589 g/mol. The van der Waals surface area contributed by atoms with E-state index in [1.807, 2.05) is 0 Å². The summed E-state index contributed by atoms with van der Waals surface area (Å²) in [5, 5.41) is 50.7. The van der Waals surface area contributed by atoms with Crippen molar-refractivity contribution in [2.45, 2.75) is 11.6 Å². The number of aliphatic hydroxyl groups excluding tert-OH is 2. The van der Waals surface area contributed by atoms with Crippen LogP contribution < -0.4 is 21.3 Å². The Kier molecular flexibility index (Phi) is 7.19. The topological polar surface area (TPSA) is 206 Å². The summed E-state index contributed by atoms with van der Waals surface area (Å²) >= 11 is 0. The van der Waals surface area contributed by atoms with Crippen molar-refractivity contribution in [1.82, 2.24) is 4.90 Å². The Labute approximate surface area is 246 Å². The van der Waals surface area contributed by atoms with Crippen molar-refractivity contribution in [3.8, 4) is 5.75 Å². The van der Waals surface area contributed by atoms with Crippen molar-refractivity contribution < 1.29 is 39.6 Å². The van der Waals surface area contributed by atoms with Crippen molar-refractivity contribution in [2.75, 3.05) is 43.7 Å². The number of primary amides is 1. The molecule has 0 saturated heterocycles. The van der Waals surface area contributed by atoms with Gasteiger partial charge in [0, 0.05) is 49.3 Å². The minimum atomic E-state index is -2.82. The standard InChI is InChI=1S/C30H31N5O8/c1-34(2)18-12-17(33-29(42)32-14-8-6-5-7-9-14)23(36)20-15(18)10-13-11-16-22(35(3)4)25(38)21(28(31)41)27(40)30(16,43)26(39)19(13)24(20)37/h5-13,16,22,36-37,40,43H,1-4H3,(H2,31,41)(H2,32,33,42)/t13?,16?,22-,30-/m0/s1. The lowest BCUT2D eigenvalue weighted by molar-refractivity contribution is -0.149. The number of fused-ring (bicyclic) bond motifs is 3. The Bertz CT molecular complexity index is 1630. The summed E-state index contributed by atoms with van der Waals surface area (Å²) in [5.41, 5.74) is 2.21. The second-order valence-electron chi connectivity index (χ2n) is 11.0. The molecule has 0 bridgehead atoms. The number of carbonyl (C=O) groups excluding carboxylic acids is 4. The average molecular weight is 590 g/mol. The number of aliphatic hydroxyl groups is 3. The SMILES string of the molecule is CN(C)c1cc(NC(=O)Nc2ccccc2)c(O)c2c1[CH]C1[CH]C3[C@H](N(C)C)C(=O)C(C(N)=O)=C(O)[C@@]3(O)C(=O)C1=C2O. The molecule has 0 aromatic heterocycles. The van der Waals surface area contributed by atoms with E-state index in [9.17, 15) is 39.6 Å². The number of likely N-dealkylation sites (N-methyl/N-ethyl adjacent to an activating group) is 1. The van der Waals surface area contributed by atoms with Gasteiger partial charge in [0.1, 0.15) is 17.1 Å². The number of nitrogens with one attached hydrogen (secondary N) is 2. The predicted molar refractivity (Wildman–Crippen MR) is 157 cm³/mol. The Morgan fingerprint density at radius 3 is 2.23 bits per heavy atom. The maximum Gasteiger partial charge on any atom is 0.323 e. The molecule has 13 heteroatoms. The number of hydrogen-bond donors (Lipinski definition) is 7. The largest absolute Gasteiger partial charge is 0.508 e. The molecule has 3 aliphatic carbocycles. The number of para-hydroxylation sites is 1. The van der Waals surface area contributed by atoms with E-state index >= 15 is 0 Å². The molecule has 43 heavy (non-hydrogen) atoms. The molecule has 2 aromatic carbocycles. The van der Waals surface area contributed by atoms with E-state index < -0.39 is 69.8 Å². The minimum Gasteiger partial charge on any atom is -0.508 e. The first-order chi connectivity index (χ1) is 20.2. The van der Waals surface area contributed by atoms with Crippen LogP contribution in [0.15, 0.2) is 53.3 Å². The summed E-state index contributed by atoms with van der Waals surface area (Å²) in [6.07, 6.45) is 3.02. The van der Waals surface area contributed by atoms with E-state index in [2.05, 4.69) is 10.6 Å². The van der Waals surface area contributed by atoms with Gasteiger partial charge in [-0.05, 0) is 44.3 Å². The fourth-order valence-corrected chi connectivity index (χ4v) is 6.05. The van der Waals surface area contributed by atoms with Crippen molar-refractivity contribution >= 4 is 46.3 Å². The highest BCUT2D eigenvalue weighted by atomic mass is 16.3. The number of Topliss-reactive ketones (excluding diaryl/α,β-unsaturated/α-hetero) is 2. The number of carbonyl (C=O) groups is 4. The lowest BCUT2D eigenvalue weighted by Gasteiger charge is -2.50. The van der Waals surface area contributed by atoms with Crippen molar-refractivity contribution in [3.05, 3.63) is 77.3 Å². The highest BCUT2D eigenvalue weighted by molar-refractivity contribution is 6.25. The number of rotatable bonds is 5. The van der Waals surface area contributed by atoms with E-state index in [1.165, 1.54) is 31.5 Å². The quantitative estimate of drug-likeness (QED) is 0.198. The number of urea groups is 1. The molecular weight excluding hydrogens is 558 g/mol. The lowest BCUT2D eigenvalue weighted by atomic mass is 9.57. The van der Waals surface area contributed by atoms with Crippen LogP contribution in [-0.4, -0.2) is 88.7 Å². The molecule has 1 fully saturated rings. The van der Waals surface area contributed by atoms with Crippen LogP contribution in [-0.2, 0) is 14.4 Å². The summed E-state index contributed by atoms with van der Waals surface area (Å²) in [6.45, 7) is 0. The van der Waals surface area contributed by atoms with Crippen LogP contribution in [0.25, 0.3) is 5.76 Å². The van der Waals surface area contributed by atoms with Gasteiger partial charge in [0.05, 0.1) is 17.3 Å². The fourth-order valence-electron chi connectivity index (χ4n) is 6.05. The first kappa shape index (κ1) is 29.6. The van der Waals surface area contributed by atoms with Crippen LogP contribution in [0.2, 0.25) is 0 Å². The molecule has 224 valence electrons. The maximum absolute atomic E-state index is 14.0. The van der Waals surface area contributed by atoms with Crippen LogP contribution >= 0.6 is 0 Å². The molecule has 3 amide bonds. The third-order valence-corrected chi connectivity index (χ3v) is 8.00. The van der Waals surface area contributed by atoms with Crippen molar-refractivity contribution in [3.63, 3.8) is 0 Å². The van der Waals surface area contributed by atoms with Gasteiger partial charge in [-0.15, -0.1) is 0 Å². The molecule has 2 unspecified atom stereocenters. The molecule has 4 atom stereocenters. The Hall–Kier alpha value is -4.88. The number of anilines is 3. The zero-order chi connectivity index (χ0) is 31.5. The highest BCUT2D eigenvalue weighted by Crippen LogP contribution is 2.54. The number of ketones is 2. The molecule has 3 aliphatic rings. The average Bonchev–Trinajstić information content (AvgIpc) is 2.92.